The molecule has 4 nitrogen and oxygen atoms in total. The summed E-state index contributed by atoms with van der Waals surface area (Å²) in [4.78, 5) is 25.3. The average molecular weight is 368 g/mol. The zero-order valence-corrected chi connectivity index (χ0v) is 15.3. The second kappa shape index (κ2) is 8.42. The standard InChI is InChI=1S/C16H17NO3S3/c1-3-20-13(18)7-5-11(14-15(19)17-16(21)23-14)4-6-12-10(2)8-9-22-12/h4,6,8-9H,3,5,7H2,1-2H3,(H,17,19,21). The second-order valence-corrected chi connectivity index (χ2v) is 7.44. The van der Waals surface area contributed by atoms with Crippen LogP contribution in [-0.2, 0) is 14.3 Å². The molecular formula is C16H17NO3S3. The Morgan fingerprint density at radius 2 is 2.22 bits per heavy atom. The lowest BCUT2D eigenvalue weighted by Crippen LogP contribution is -2.18. The second-order valence-electron chi connectivity index (χ2n) is 4.80. The van der Waals surface area contributed by atoms with Crippen LogP contribution >= 0.6 is 35.3 Å². The molecule has 1 aliphatic heterocycles. The van der Waals surface area contributed by atoms with Crippen molar-refractivity contribution in [2.75, 3.05) is 6.61 Å². The molecular weight excluding hydrogens is 350 g/mol. The third-order valence-corrected chi connectivity index (χ3v) is 5.43. The first-order chi connectivity index (χ1) is 11.0. The summed E-state index contributed by atoms with van der Waals surface area (Å²) in [6.07, 6.45) is 4.55. The van der Waals surface area contributed by atoms with Crippen LogP contribution in [0.4, 0.5) is 0 Å². The lowest BCUT2D eigenvalue weighted by molar-refractivity contribution is -0.143. The number of carbonyl (C=O) groups excluding carboxylic acids is 2. The largest absolute Gasteiger partial charge is 0.466 e. The van der Waals surface area contributed by atoms with Gasteiger partial charge in [-0.05, 0) is 48.9 Å². The smallest absolute Gasteiger partial charge is 0.306 e. The molecule has 1 amide bonds. The summed E-state index contributed by atoms with van der Waals surface area (Å²) in [7, 11) is 0. The molecule has 1 aliphatic rings. The molecule has 1 N–H and O–H groups in total. The van der Waals surface area contributed by atoms with Crippen molar-refractivity contribution in [2.24, 2.45) is 0 Å². The van der Waals surface area contributed by atoms with E-state index >= 15 is 0 Å². The number of hydrogen-bond donors (Lipinski definition) is 1. The number of amides is 1. The zero-order chi connectivity index (χ0) is 16.8. The van der Waals surface area contributed by atoms with E-state index in [2.05, 4.69) is 5.32 Å². The minimum Gasteiger partial charge on any atom is -0.466 e. The van der Waals surface area contributed by atoms with Crippen molar-refractivity contribution >= 4 is 57.6 Å². The van der Waals surface area contributed by atoms with Crippen molar-refractivity contribution < 1.29 is 14.3 Å². The van der Waals surface area contributed by atoms with E-state index in [1.165, 1.54) is 17.3 Å². The van der Waals surface area contributed by atoms with Crippen molar-refractivity contribution in [3.05, 3.63) is 38.4 Å². The fraction of sp³-hybridized carbons (Fsp3) is 0.312. The first-order valence-electron chi connectivity index (χ1n) is 7.15. The van der Waals surface area contributed by atoms with E-state index in [0.29, 0.717) is 22.3 Å². The molecule has 23 heavy (non-hydrogen) atoms. The summed E-state index contributed by atoms with van der Waals surface area (Å²) in [6.45, 7) is 4.16. The molecule has 1 saturated heterocycles. The Balaban J connectivity index is 2.21. The van der Waals surface area contributed by atoms with Crippen molar-refractivity contribution in [3.63, 3.8) is 0 Å². The lowest BCUT2D eigenvalue weighted by Gasteiger charge is -2.05. The molecule has 7 heteroatoms. The number of esters is 1. The zero-order valence-electron chi connectivity index (χ0n) is 12.9. The first kappa shape index (κ1) is 17.9. The van der Waals surface area contributed by atoms with E-state index in [1.807, 2.05) is 30.5 Å². The summed E-state index contributed by atoms with van der Waals surface area (Å²) < 4.78 is 5.40. The molecule has 0 unspecified atom stereocenters. The van der Waals surface area contributed by atoms with Gasteiger partial charge in [0, 0.05) is 11.3 Å². The molecule has 0 saturated carbocycles. The Labute approximate surface area is 149 Å². The predicted octanol–water partition coefficient (Wildman–Crippen LogP) is 3.82. The summed E-state index contributed by atoms with van der Waals surface area (Å²) in [5.74, 6) is -0.469. The van der Waals surface area contributed by atoms with Crippen molar-refractivity contribution in [3.8, 4) is 0 Å². The van der Waals surface area contributed by atoms with Gasteiger partial charge in [-0.15, -0.1) is 11.3 Å². The van der Waals surface area contributed by atoms with Gasteiger partial charge in [0.2, 0.25) is 0 Å². The van der Waals surface area contributed by atoms with Crippen molar-refractivity contribution in [1.29, 1.82) is 0 Å². The van der Waals surface area contributed by atoms with E-state index in [4.69, 9.17) is 17.0 Å². The molecule has 2 rings (SSSR count). The Kier molecular flexibility index (Phi) is 6.56. The molecule has 2 heterocycles. The molecule has 0 aromatic carbocycles. The average Bonchev–Trinajstić information content (AvgIpc) is 3.05. The maximum Gasteiger partial charge on any atom is 0.306 e. The quantitative estimate of drug-likeness (QED) is 0.471. The number of thioether (sulfide) groups is 1. The van der Waals surface area contributed by atoms with Crippen LogP contribution in [0.1, 0.15) is 30.2 Å². The number of aryl methyl sites for hydroxylation is 1. The molecule has 0 atom stereocenters. The number of rotatable bonds is 6. The van der Waals surface area contributed by atoms with Crippen molar-refractivity contribution in [1.82, 2.24) is 5.32 Å². The van der Waals surface area contributed by atoms with Crippen molar-refractivity contribution in [2.45, 2.75) is 26.7 Å². The lowest BCUT2D eigenvalue weighted by atomic mass is 10.1. The number of thiophene rings is 1. The third-order valence-electron chi connectivity index (χ3n) is 3.15. The number of carbonyl (C=O) groups is 2. The predicted molar refractivity (Wildman–Crippen MR) is 99.3 cm³/mol. The monoisotopic (exact) mass is 367 g/mol. The highest BCUT2D eigenvalue weighted by molar-refractivity contribution is 8.26. The minimum atomic E-state index is -0.266. The highest BCUT2D eigenvalue weighted by atomic mass is 32.2. The summed E-state index contributed by atoms with van der Waals surface area (Å²) >= 11 is 7.91. The summed E-state index contributed by atoms with van der Waals surface area (Å²) in [5, 5.41) is 4.64. The molecule has 0 bridgehead atoms. The number of thiocarbonyl (C=S) groups is 1. The van der Waals surface area contributed by atoms with Gasteiger partial charge in [-0.1, -0.05) is 30.1 Å². The topological polar surface area (TPSA) is 55.4 Å². The Hall–Kier alpha value is -1.44. The van der Waals surface area contributed by atoms with E-state index in [0.717, 1.165) is 10.5 Å². The Morgan fingerprint density at radius 3 is 2.78 bits per heavy atom. The van der Waals surface area contributed by atoms with Gasteiger partial charge in [-0.2, -0.15) is 0 Å². The van der Waals surface area contributed by atoms with Gasteiger partial charge in [0.25, 0.3) is 5.91 Å². The maximum atomic E-state index is 12.0. The summed E-state index contributed by atoms with van der Waals surface area (Å²) in [5.41, 5.74) is 1.98. The molecule has 1 fully saturated rings. The van der Waals surface area contributed by atoms with E-state index in [-0.39, 0.29) is 18.3 Å². The van der Waals surface area contributed by atoms with Crippen LogP contribution < -0.4 is 5.32 Å². The van der Waals surface area contributed by atoms with Gasteiger partial charge < -0.3 is 10.1 Å². The fourth-order valence-corrected chi connectivity index (χ4v) is 3.94. The number of ether oxygens (including phenoxy) is 1. The molecule has 1 aromatic heterocycles. The number of hydrogen-bond acceptors (Lipinski definition) is 6. The highest BCUT2D eigenvalue weighted by Crippen LogP contribution is 2.30. The molecule has 122 valence electrons. The van der Waals surface area contributed by atoms with Gasteiger partial charge in [-0.3, -0.25) is 9.59 Å². The third kappa shape index (κ3) is 5.02. The van der Waals surface area contributed by atoms with Gasteiger partial charge >= 0.3 is 5.97 Å². The van der Waals surface area contributed by atoms with E-state index in [9.17, 15) is 9.59 Å². The van der Waals surface area contributed by atoms with Crippen LogP contribution in [-0.4, -0.2) is 22.8 Å². The van der Waals surface area contributed by atoms with Gasteiger partial charge in [0.05, 0.1) is 11.5 Å². The summed E-state index contributed by atoms with van der Waals surface area (Å²) in [6, 6.07) is 2.04. The minimum absolute atomic E-state index is 0.202. The first-order valence-corrected chi connectivity index (χ1v) is 9.25. The normalized spacial score (nSPS) is 16.8. The maximum absolute atomic E-state index is 12.0. The molecule has 0 spiro atoms. The molecule has 1 aromatic rings. The molecule has 0 radical (unpaired) electrons. The number of allylic oxidation sites excluding steroid dienone is 2. The van der Waals surface area contributed by atoms with E-state index in [1.54, 1.807) is 18.3 Å². The fourth-order valence-electron chi connectivity index (χ4n) is 2.00. The SMILES string of the molecule is CCOC(=O)CCC(C=Cc1sccc1C)=C1SC(=S)NC1=O. The Morgan fingerprint density at radius 1 is 1.43 bits per heavy atom. The van der Waals surface area contributed by atoms with Gasteiger partial charge in [0.15, 0.2) is 0 Å². The van der Waals surface area contributed by atoms with Crippen LogP contribution in [0.3, 0.4) is 0 Å². The van der Waals surface area contributed by atoms with Crippen LogP contribution in [0.2, 0.25) is 0 Å². The van der Waals surface area contributed by atoms with Gasteiger partial charge in [0.1, 0.15) is 4.32 Å². The Bertz CT molecular complexity index is 688. The van der Waals surface area contributed by atoms with E-state index < -0.39 is 0 Å². The van der Waals surface area contributed by atoms with Crippen LogP contribution in [0.5, 0.6) is 0 Å². The van der Waals surface area contributed by atoms with Gasteiger partial charge in [-0.25, -0.2) is 0 Å². The highest BCUT2D eigenvalue weighted by Gasteiger charge is 2.25. The van der Waals surface area contributed by atoms with Crippen LogP contribution in [0.15, 0.2) is 28.0 Å². The molecule has 0 aliphatic carbocycles. The van der Waals surface area contributed by atoms with Crippen LogP contribution in [0, 0.1) is 6.92 Å². The number of nitrogens with one attached hydrogen (secondary N) is 1. The van der Waals surface area contributed by atoms with Crippen LogP contribution in [0.25, 0.3) is 6.08 Å².